The summed E-state index contributed by atoms with van der Waals surface area (Å²) in [6.07, 6.45) is 5.32. The fraction of sp³-hybridized carbons (Fsp3) is 0.174. The van der Waals surface area contributed by atoms with Gasteiger partial charge in [-0.15, -0.1) is 0 Å². The molecule has 5 aromatic rings. The quantitative estimate of drug-likeness (QED) is 0.320. The lowest BCUT2D eigenvalue weighted by molar-refractivity contribution is 0.415. The van der Waals surface area contributed by atoms with E-state index in [9.17, 15) is 0 Å². The van der Waals surface area contributed by atoms with Gasteiger partial charge in [-0.3, -0.25) is 9.78 Å². The van der Waals surface area contributed by atoms with E-state index in [0.29, 0.717) is 40.0 Å². The van der Waals surface area contributed by atoms with Crippen LogP contribution in [0.1, 0.15) is 5.69 Å². The number of nitrogens with one attached hydrogen (secondary N) is 2. The number of H-pyrrole nitrogens is 1. The normalized spacial score (nSPS) is 10.9. The summed E-state index contributed by atoms with van der Waals surface area (Å²) >= 11 is 1.44. The molecule has 0 fully saturated rings. The second kappa shape index (κ2) is 9.43. The Morgan fingerprint density at radius 2 is 2.00 bits per heavy atom. The zero-order valence-electron chi connectivity index (χ0n) is 19.6. The lowest BCUT2D eigenvalue weighted by atomic mass is 10.2. The smallest absolute Gasteiger partial charge is 0.278 e. The predicted octanol–water partition coefficient (Wildman–Crippen LogP) is 4.68. The molecule has 4 aromatic heterocycles. The third-order valence-electron chi connectivity index (χ3n) is 5.13. The summed E-state index contributed by atoms with van der Waals surface area (Å²) in [4.78, 5) is 15.6. The molecule has 178 valence electrons. The van der Waals surface area contributed by atoms with Crippen molar-refractivity contribution in [3.8, 4) is 28.0 Å². The number of ether oxygens (including phenoxy) is 2. The average Bonchev–Trinajstić information content (AvgIpc) is 3.62. The highest BCUT2D eigenvalue weighted by molar-refractivity contribution is 7.11. The number of methoxy groups -OCH3 is 1. The second-order valence-corrected chi connectivity index (χ2v) is 8.53. The number of aromatic nitrogens is 7. The number of aryl methyl sites for hydroxylation is 2. The van der Waals surface area contributed by atoms with Crippen LogP contribution in [0, 0.1) is 6.92 Å². The first-order chi connectivity index (χ1) is 17.0. The average molecular weight is 490 g/mol. The first kappa shape index (κ1) is 22.3. The van der Waals surface area contributed by atoms with Crippen molar-refractivity contribution in [3.05, 3.63) is 60.0 Å². The number of hydrogen-bond donors (Lipinski definition) is 2. The number of hydrogen-bond acceptors (Lipinski definition) is 10. The van der Waals surface area contributed by atoms with Crippen LogP contribution in [0.5, 0.6) is 16.7 Å². The van der Waals surface area contributed by atoms with Gasteiger partial charge in [-0.05, 0) is 31.2 Å². The molecule has 11 nitrogen and oxygen atoms in total. The summed E-state index contributed by atoms with van der Waals surface area (Å²) < 4.78 is 13.2. The topological polar surface area (TPSA) is 119 Å². The molecule has 0 amide bonds. The van der Waals surface area contributed by atoms with Crippen molar-refractivity contribution >= 4 is 34.6 Å². The van der Waals surface area contributed by atoms with E-state index in [1.54, 1.807) is 24.2 Å². The Bertz CT molecular complexity index is 1430. The Kier molecular flexibility index (Phi) is 6.02. The van der Waals surface area contributed by atoms with Gasteiger partial charge in [-0.25, -0.2) is 9.97 Å². The molecular formula is C23H23N9O2S. The van der Waals surface area contributed by atoms with Gasteiger partial charge in [0.15, 0.2) is 17.4 Å². The van der Waals surface area contributed by atoms with E-state index in [1.807, 2.05) is 67.8 Å². The number of benzene rings is 1. The molecule has 4 heterocycles. The molecule has 0 aliphatic heterocycles. The molecule has 0 aliphatic rings. The van der Waals surface area contributed by atoms with Crippen molar-refractivity contribution in [2.45, 2.75) is 6.92 Å². The van der Waals surface area contributed by atoms with Crippen LogP contribution in [0.3, 0.4) is 0 Å². The summed E-state index contributed by atoms with van der Waals surface area (Å²) in [6, 6.07) is 9.51. The standard InChI is InChI=1S/C23H23N9O2S/c1-14-11-18(30-29-14)26-21-20(33-4)19(15-12-25-31(2)13-15)27-22(28-21)32(3)16-5-7-17(8-6-16)34-23-24-9-10-35-23/h5-13H,1-4H3,(H2,26,27,28,29,30). The number of anilines is 4. The monoisotopic (exact) mass is 489 g/mol. The van der Waals surface area contributed by atoms with Crippen LogP contribution in [0.4, 0.5) is 23.3 Å². The van der Waals surface area contributed by atoms with Gasteiger partial charge in [-0.2, -0.15) is 15.2 Å². The van der Waals surface area contributed by atoms with E-state index in [1.165, 1.54) is 11.3 Å². The van der Waals surface area contributed by atoms with Crippen molar-refractivity contribution in [3.63, 3.8) is 0 Å². The molecule has 0 atom stereocenters. The Labute approximate surface area is 205 Å². The molecule has 0 aliphatic carbocycles. The summed E-state index contributed by atoms with van der Waals surface area (Å²) in [5, 5.41) is 17.2. The van der Waals surface area contributed by atoms with E-state index in [0.717, 1.165) is 16.9 Å². The van der Waals surface area contributed by atoms with E-state index in [4.69, 9.17) is 19.4 Å². The number of aromatic amines is 1. The van der Waals surface area contributed by atoms with Crippen LogP contribution >= 0.6 is 11.3 Å². The molecule has 2 N–H and O–H groups in total. The zero-order chi connectivity index (χ0) is 24.4. The van der Waals surface area contributed by atoms with Crippen LogP contribution in [0.25, 0.3) is 11.3 Å². The highest BCUT2D eigenvalue weighted by atomic mass is 32.1. The maximum atomic E-state index is 5.77. The second-order valence-electron chi connectivity index (χ2n) is 7.67. The highest BCUT2D eigenvalue weighted by Gasteiger charge is 2.21. The van der Waals surface area contributed by atoms with Gasteiger partial charge in [-0.1, -0.05) is 11.3 Å². The maximum absolute atomic E-state index is 5.77. The van der Waals surface area contributed by atoms with E-state index < -0.39 is 0 Å². The van der Waals surface area contributed by atoms with E-state index in [2.05, 4.69) is 25.6 Å². The van der Waals surface area contributed by atoms with Gasteiger partial charge in [0.2, 0.25) is 5.95 Å². The largest absolute Gasteiger partial charge is 0.491 e. The minimum Gasteiger partial charge on any atom is -0.491 e. The summed E-state index contributed by atoms with van der Waals surface area (Å²) in [5.74, 6) is 2.75. The molecule has 12 heteroatoms. The van der Waals surface area contributed by atoms with Gasteiger partial charge in [0.25, 0.3) is 5.19 Å². The zero-order valence-corrected chi connectivity index (χ0v) is 20.4. The lowest BCUT2D eigenvalue weighted by Gasteiger charge is -2.21. The summed E-state index contributed by atoms with van der Waals surface area (Å²) in [6.45, 7) is 1.93. The predicted molar refractivity (Wildman–Crippen MR) is 134 cm³/mol. The van der Waals surface area contributed by atoms with Crippen molar-refractivity contribution in [1.29, 1.82) is 0 Å². The molecule has 0 spiro atoms. The Morgan fingerprint density at radius 3 is 2.63 bits per heavy atom. The minimum absolute atomic E-state index is 0.466. The molecule has 5 rings (SSSR count). The van der Waals surface area contributed by atoms with Gasteiger partial charge < -0.3 is 19.7 Å². The Morgan fingerprint density at radius 1 is 1.17 bits per heavy atom. The molecule has 0 saturated carbocycles. The lowest BCUT2D eigenvalue weighted by Crippen LogP contribution is -2.15. The van der Waals surface area contributed by atoms with E-state index >= 15 is 0 Å². The van der Waals surface area contributed by atoms with E-state index in [-0.39, 0.29) is 0 Å². The first-order valence-corrected chi connectivity index (χ1v) is 11.5. The molecule has 0 bridgehead atoms. The van der Waals surface area contributed by atoms with Crippen LogP contribution in [-0.4, -0.2) is 49.1 Å². The van der Waals surface area contributed by atoms with Gasteiger partial charge >= 0.3 is 0 Å². The molecule has 0 unspecified atom stereocenters. The van der Waals surface area contributed by atoms with Gasteiger partial charge in [0.05, 0.1) is 13.3 Å². The van der Waals surface area contributed by atoms with Gasteiger partial charge in [0, 0.05) is 54.9 Å². The number of rotatable bonds is 8. The van der Waals surface area contributed by atoms with Crippen LogP contribution in [0.2, 0.25) is 0 Å². The Balaban J connectivity index is 1.52. The fourth-order valence-electron chi connectivity index (χ4n) is 3.42. The molecule has 0 radical (unpaired) electrons. The highest BCUT2D eigenvalue weighted by Crippen LogP contribution is 2.38. The van der Waals surface area contributed by atoms with Crippen molar-refractivity contribution in [2.24, 2.45) is 7.05 Å². The van der Waals surface area contributed by atoms with Crippen LogP contribution in [-0.2, 0) is 7.05 Å². The van der Waals surface area contributed by atoms with Crippen LogP contribution in [0.15, 0.2) is 54.3 Å². The molecule has 1 aromatic carbocycles. The summed E-state index contributed by atoms with van der Waals surface area (Å²) in [7, 11) is 5.34. The van der Waals surface area contributed by atoms with Crippen LogP contribution < -0.4 is 19.7 Å². The first-order valence-electron chi connectivity index (χ1n) is 10.7. The van der Waals surface area contributed by atoms with Crippen molar-refractivity contribution in [2.75, 3.05) is 24.4 Å². The molecular weight excluding hydrogens is 466 g/mol. The third kappa shape index (κ3) is 4.77. The molecule has 0 saturated heterocycles. The Hall–Kier alpha value is -4.45. The number of nitrogens with zero attached hydrogens (tertiary/aromatic N) is 7. The van der Waals surface area contributed by atoms with Crippen molar-refractivity contribution in [1.82, 2.24) is 34.9 Å². The van der Waals surface area contributed by atoms with Crippen molar-refractivity contribution < 1.29 is 9.47 Å². The van der Waals surface area contributed by atoms with Gasteiger partial charge in [0.1, 0.15) is 11.4 Å². The molecule has 35 heavy (non-hydrogen) atoms. The third-order valence-corrected chi connectivity index (χ3v) is 5.78. The fourth-order valence-corrected chi connectivity index (χ4v) is 3.93. The SMILES string of the molecule is COc1c(Nc2cc(C)[nH]n2)nc(N(C)c2ccc(Oc3nccs3)cc2)nc1-c1cnn(C)c1. The summed E-state index contributed by atoms with van der Waals surface area (Å²) in [5.41, 5.74) is 3.21. The maximum Gasteiger partial charge on any atom is 0.278 e. The number of thiazole rings is 1. The minimum atomic E-state index is 0.466.